The Labute approximate surface area is 104 Å². The Morgan fingerprint density at radius 2 is 2.16 bits per heavy atom. The second kappa shape index (κ2) is 4.37. The largest absolute Gasteiger partial charge is 0.433 e. The molecular formula is C9H9F3N6O. The van der Waals surface area contributed by atoms with E-state index in [1.807, 2.05) is 0 Å². The van der Waals surface area contributed by atoms with Crippen LogP contribution < -0.4 is 5.73 Å². The van der Waals surface area contributed by atoms with Crippen LogP contribution in [0.5, 0.6) is 0 Å². The highest BCUT2D eigenvalue weighted by atomic mass is 19.4. The van der Waals surface area contributed by atoms with Crippen LogP contribution in [0.2, 0.25) is 0 Å². The minimum Gasteiger partial charge on any atom is -0.364 e. The van der Waals surface area contributed by atoms with Gasteiger partial charge in [-0.3, -0.25) is 9.48 Å². The molecule has 2 rings (SSSR count). The highest BCUT2D eigenvalue weighted by Gasteiger charge is 2.34. The quantitative estimate of drug-likeness (QED) is 0.864. The third-order valence-corrected chi connectivity index (χ3v) is 2.34. The number of aromatic nitrogens is 5. The lowest BCUT2D eigenvalue weighted by atomic mass is 10.3. The van der Waals surface area contributed by atoms with Crippen LogP contribution in [0.25, 0.3) is 0 Å². The molecule has 2 heterocycles. The molecule has 0 atom stereocenters. The molecule has 0 saturated heterocycles. The zero-order chi connectivity index (χ0) is 14.2. The first-order chi connectivity index (χ1) is 8.77. The number of carbonyl (C=O) groups excluding carboxylic acids is 1. The smallest absolute Gasteiger partial charge is 0.364 e. The first-order valence-corrected chi connectivity index (χ1v) is 5.07. The summed E-state index contributed by atoms with van der Waals surface area (Å²) in [5.41, 5.74) is 4.21. The van der Waals surface area contributed by atoms with Gasteiger partial charge in [0.25, 0.3) is 5.91 Å². The van der Waals surface area contributed by atoms with Crippen LogP contribution in [0, 0.1) is 0 Å². The van der Waals surface area contributed by atoms with E-state index in [0.29, 0.717) is 0 Å². The molecule has 0 aliphatic carbocycles. The topological polar surface area (TPSA) is 91.6 Å². The molecule has 2 aromatic rings. The van der Waals surface area contributed by atoms with E-state index in [4.69, 9.17) is 5.73 Å². The first kappa shape index (κ1) is 13.1. The minimum absolute atomic E-state index is 0.0375. The Morgan fingerprint density at radius 3 is 2.63 bits per heavy atom. The molecule has 0 radical (unpaired) electrons. The van der Waals surface area contributed by atoms with E-state index in [1.165, 1.54) is 17.9 Å². The highest BCUT2D eigenvalue weighted by Crippen LogP contribution is 2.29. The molecule has 2 aromatic heterocycles. The summed E-state index contributed by atoms with van der Waals surface area (Å²) in [4.78, 5) is 10.8. The summed E-state index contributed by atoms with van der Waals surface area (Å²) in [6.07, 6.45) is -3.23. The minimum atomic E-state index is -4.47. The van der Waals surface area contributed by atoms with Gasteiger partial charge >= 0.3 is 6.18 Å². The van der Waals surface area contributed by atoms with Crippen molar-refractivity contribution in [1.29, 1.82) is 0 Å². The number of primary amides is 1. The number of hydrogen-bond acceptors (Lipinski definition) is 4. The normalized spacial score (nSPS) is 11.8. The zero-order valence-electron chi connectivity index (χ0n) is 9.72. The molecule has 0 aromatic carbocycles. The lowest BCUT2D eigenvalue weighted by molar-refractivity contribution is -0.143. The predicted molar refractivity (Wildman–Crippen MR) is 55.9 cm³/mol. The van der Waals surface area contributed by atoms with Crippen LogP contribution in [-0.2, 0) is 19.8 Å². The van der Waals surface area contributed by atoms with Crippen molar-refractivity contribution >= 4 is 5.91 Å². The Balaban J connectivity index is 2.22. The van der Waals surface area contributed by atoms with E-state index in [2.05, 4.69) is 15.4 Å². The van der Waals surface area contributed by atoms with Crippen LogP contribution in [0.3, 0.4) is 0 Å². The molecule has 7 nitrogen and oxygen atoms in total. The fraction of sp³-hybridized carbons (Fsp3) is 0.333. The SMILES string of the molecule is Cn1nc(Cn2cc(C(N)=O)nn2)cc1C(F)(F)F. The molecule has 0 aliphatic heterocycles. The number of rotatable bonds is 3. The van der Waals surface area contributed by atoms with Crippen LogP contribution in [0.15, 0.2) is 12.3 Å². The summed E-state index contributed by atoms with van der Waals surface area (Å²) < 4.78 is 39.6. The van der Waals surface area contributed by atoms with Crippen LogP contribution in [0.1, 0.15) is 21.9 Å². The number of carbonyl (C=O) groups is 1. The molecule has 2 N–H and O–H groups in total. The monoisotopic (exact) mass is 274 g/mol. The Morgan fingerprint density at radius 1 is 1.47 bits per heavy atom. The molecule has 0 spiro atoms. The second-order valence-electron chi connectivity index (χ2n) is 3.81. The lowest BCUT2D eigenvalue weighted by Gasteiger charge is -2.04. The summed E-state index contributed by atoms with van der Waals surface area (Å²) in [5, 5.41) is 10.8. The molecule has 0 saturated carbocycles. The number of aryl methyl sites for hydroxylation is 1. The van der Waals surface area contributed by atoms with Crippen molar-refractivity contribution in [1.82, 2.24) is 24.8 Å². The van der Waals surface area contributed by atoms with Gasteiger partial charge in [-0.1, -0.05) is 5.21 Å². The summed E-state index contributed by atoms with van der Waals surface area (Å²) >= 11 is 0. The lowest BCUT2D eigenvalue weighted by Crippen LogP contribution is -2.11. The van der Waals surface area contributed by atoms with Gasteiger partial charge in [0.1, 0.15) is 5.69 Å². The Bertz CT molecular complexity index is 614. The average molecular weight is 274 g/mol. The van der Waals surface area contributed by atoms with Crippen LogP contribution >= 0.6 is 0 Å². The summed E-state index contributed by atoms with van der Waals surface area (Å²) in [6.45, 7) is -0.0375. The maximum atomic E-state index is 12.6. The van der Waals surface area contributed by atoms with E-state index in [0.717, 1.165) is 10.7 Å². The molecule has 1 amide bonds. The third kappa shape index (κ3) is 2.72. The highest BCUT2D eigenvalue weighted by molar-refractivity contribution is 5.90. The molecule has 19 heavy (non-hydrogen) atoms. The number of nitrogens with zero attached hydrogens (tertiary/aromatic N) is 5. The molecule has 10 heteroatoms. The van der Waals surface area contributed by atoms with E-state index < -0.39 is 17.8 Å². The van der Waals surface area contributed by atoms with Gasteiger partial charge in [-0.05, 0) is 6.07 Å². The van der Waals surface area contributed by atoms with Crippen molar-refractivity contribution in [3.8, 4) is 0 Å². The third-order valence-electron chi connectivity index (χ3n) is 2.34. The number of halogens is 3. The van der Waals surface area contributed by atoms with Gasteiger partial charge < -0.3 is 5.73 Å². The van der Waals surface area contributed by atoms with Gasteiger partial charge in [0.2, 0.25) is 0 Å². The van der Waals surface area contributed by atoms with E-state index in [9.17, 15) is 18.0 Å². The molecule has 0 unspecified atom stereocenters. The number of amides is 1. The van der Waals surface area contributed by atoms with E-state index in [1.54, 1.807) is 0 Å². The van der Waals surface area contributed by atoms with Gasteiger partial charge in [0.15, 0.2) is 5.69 Å². The molecule has 0 aliphatic rings. The van der Waals surface area contributed by atoms with Gasteiger partial charge in [0, 0.05) is 7.05 Å². The maximum Gasteiger partial charge on any atom is 0.433 e. The molecule has 0 fully saturated rings. The van der Waals surface area contributed by atoms with E-state index in [-0.39, 0.29) is 17.9 Å². The van der Waals surface area contributed by atoms with Crippen LogP contribution in [0.4, 0.5) is 13.2 Å². The van der Waals surface area contributed by atoms with Gasteiger partial charge in [-0.15, -0.1) is 5.10 Å². The fourth-order valence-corrected chi connectivity index (χ4v) is 1.52. The standard InChI is InChI=1S/C9H9F3N6O/c1-17-7(9(10,11)12)2-5(15-17)3-18-4-6(8(13)19)14-16-18/h2,4H,3H2,1H3,(H2,13,19). The number of hydrogen-bond donors (Lipinski definition) is 1. The predicted octanol–water partition coefficient (Wildman–Crippen LogP) is 0.178. The van der Waals surface area contributed by atoms with Crippen molar-refractivity contribution in [2.75, 3.05) is 0 Å². The van der Waals surface area contributed by atoms with Gasteiger partial charge in [-0.2, -0.15) is 18.3 Å². The van der Waals surface area contributed by atoms with Gasteiger partial charge in [-0.25, -0.2) is 4.68 Å². The molecule has 0 bridgehead atoms. The fourth-order valence-electron chi connectivity index (χ4n) is 1.52. The Kier molecular flexibility index (Phi) is 3.00. The number of nitrogens with two attached hydrogens (primary N) is 1. The Hall–Kier alpha value is -2.39. The van der Waals surface area contributed by atoms with Crippen molar-refractivity contribution in [2.45, 2.75) is 12.7 Å². The van der Waals surface area contributed by atoms with Crippen molar-refractivity contribution in [3.63, 3.8) is 0 Å². The van der Waals surface area contributed by atoms with Crippen LogP contribution in [-0.4, -0.2) is 30.7 Å². The first-order valence-electron chi connectivity index (χ1n) is 5.07. The summed E-state index contributed by atoms with van der Waals surface area (Å²) in [5.74, 6) is -0.761. The molecule has 102 valence electrons. The van der Waals surface area contributed by atoms with Crippen molar-refractivity contribution < 1.29 is 18.0 Å². The molecular weight excluding hydrogens is 265 g/mol. The second-order valence-corrected chi connectivity index (χ2v) is 3.81. The summed E-state index contributed by atoms with van der Waals surface area (Å²) in [7, 11) is 1.20. The van der Waals surface area contributed by atoms with E-state index >= 15 is 0 Å². The summed E-state index contributed by atoms with van der Waals surface area (Å²) in [6, 6.07) is 0.908. The van der Waals surface area contributed by atoms with Gasteiger partial charge in [0.05, 0.1) is 18.4 Å². The van der Waals surface area contributed by atoms with Crippen molar-refractivity contribution in [3.05, 3.63) is 29.3 Å². The van der Waals surface area contributed by atoms with Crippen molar-refractivity contribution in [2.24, 2.45) is 12.8 Å². The maximum absolute atomic E-state index is 12.6. The average Bonchev–Trinajstić information content (AvgIpc) is 2.85. The zero-order valence-corrected chi connectivity index (χ0v) is 9.72. The number of alkyl halides is 3.